The summed E-state index contributed by atoms with van der Waals surface area (Å²) in [6.45, 7) is 2.73. The standard InChI is InChI=1S/C16H22FNO4S/c1-11-4-2-6-15(16(11)17)23(20,21)18-8-3-5-13(18)12-10-22-9-7-14(12)19/h2,4,6,12-14,19H,3,5,7-10H2,1H3. The zero-order valence-corrected chi connectivity index (χ0v) is 13.9. The first kappa shape index (κ1) is 16.8. The van der Waals surface area contributed by atoms with E-state index in [-0.39, 0.29) is 16.9 Å². The van der Waals surface area contributed by atoms with Crippen molar-refractivity contribution >= 4 is 10.0 Å². The Morgan fingerprint density at radius 2 is 2.13 bits per heavy atom. The van der Waals surface area contributed by atoms with Crippen molar-refractivity contribution in [3.8, 4) is 0 Å². The minimum Gasteiger partial charge on any atom is -0.393 e. The second-order valence-corrected chi connectivity index (χ2v) is 8.17. The molecule has 3 rings (SSSR count). The van der Waals surface area contributed by atoms with Gasteiger partial charge >= 0.3 is 0 Å². The molecule has 3 unspecified atom stereocenters. The van der Waals surface area contributed by atoms with E-state index in [0.29, 0.717) is 44.6 Å². The number of hydrogen-bond donors (Lipinski definition) is 1. The third-order valence-electron chi connectivity index (χ3n) is 4.85. The maximum Gasteiger partial charge on any atom is 0.246 e. The molecule has 2 heterocycles. The third-order valence-corrected chi connectivity index (χ3v) is 6.79. The third kappa shape index (κ3) is 3.03. The first-order valence-electron chi connectivity index (χ1n) is 7.95. The maximum absolute atomic E-state index is 14.3. The largest absolute Gasteiger partial charge is 0.393 e. The molecular formula is C16H22FNO4S. The van der Waals surface area contributed by atoms with Gasteiger partial charge in [0, 0.05) is 25.1 Å². The Hall–Kier alpha value is -1.02. The van der Waals surface area contributed by atoms with Crippen LogP contribution in [0.3, 0.4) is 0 Å². The van der Waals surface area contributed by atoms with Gasteiger partial charge in [-0.15, -0.1) is 0 Å². The van der Waals surface area contributed by atoms with Crippen LogP contribution >= 0.6 is 0 Å². The molecule has 2 aliphatic heterocycles. The summed E-state index contributed by atoms with van der Waals surface area (Å²) in [5, 5.41) is 10.2. The Labute approximate surface area is 136 Å². The SMILES string of the molecule is Cc1cccc(S(=O)(=O)N2CCCC2C2COCCC2O)c1F. The van der Waals surface area contributed by atoms with Crippen LogP contribution in [0.2, 0.25) is 0 Å². The number of nitrogens with zero attached hydrogens (tertiary/aromatic N) is 1. The Kier molecular flexibility index (Phi) is 4.73. The molecule has 2 aliphatic rings. The highest BCUT2D eigenvalue weighted by molar-refractivity contribution is 7.89. The highest BCUT2D eigenvalue weighted by atomic mass is 32.2. The van der Waals surface area contributed by atoms with Crippen LogP contribution in [0.15, 0.2) is 23.1 Å². The van der Waals surface area contributed by atoms with Gasteiger partial charge in [-0.25, -0.2) is 12.8 Å². The number of rotatable bonds is 3. The molecule has 0 spiro atoms. The molecule has 1 aromatic rings. The van der Waals surface area contributed by atoms with Gasteiger partial charge in [0.1, 0.15) is 10.7 Å². The van der Waals surface area contributed by atoms with Crippen molar-refractivity contribution in [2.75, 3.05) is 19.8 Å². The lowest BCUT2D eigenvalue weighted by molar-refractivity contribution is -0.0543. The molecule has 23 heavy (non-hydrogen) atoms. The monoisotopic (exact) mass is 343 g/mol. The highest BCUT2D eigenvalue weighted by Crippen LogP contribution is 2.34. The average molecular weight is 343 g/mol. The van der Waals surface area contributed by atoms with Gasteiger partial charge in [0.15, 0.2) is 0 Å². The molecule has 1 N–H and O–H groups in total. The van der Waals surface area contributed by atoms with Crippen LogP contribution in [0, 0.1) is 18.7 Å². The zero-order valence-electron chi connectivity index (χ0n) is 13.1. The topological polar surface area (TPSA) is 66.8 Å². The Morgan fingerprint density at radius 1 is 1.35 bits per heavy atom. The fourth-order valence-electron chi connectivity index (χ4n) is 3.55. The molecule has 128 valence electrons. The summed E-state index contributed by atoms with van der Waals surface area (Å²) in [7, 11) is -3.92. The van der Waals surface area contributed by atoms with Crippen LogP contribution in [0.5, 0.6) is 0 Å². The van der Waals surface area contributed by atoms with E-state index in [1.54, 1.807) is 19.1 Å². The molecule has 0 aromatic heterocycles. The predicted octanol–water partition coefficient (Wildman–Crippen LogP) is 1.68. The summed E-state index contributed by atoms with van der Waals surface area (Å²) in [5.74, 6) is -0.951. The molecule has 3 atom stereocenters. The summed E-state index contributed by atoms with van der Waals surface area (Å²) < 4.78 is 47.0. The lowest BCUT2D eigenvalue weighted by atomic mass is 9.90. The molecule has 0 saturated carbocycles. The van der Waals surface area contributed by atoms with Gasteiger partial charge in [0.05, 0.1) is 12.7 Å². The normalized spacial score (nSPS) is 29.8. The summed E-state index contributed by atoms with van der Waals surface area (Å²) in [4.78, 5) is -0.282. The van der Waals surface area contributed by atoms with Gasteiger partial charge in [0.2, 0.25) is 10.0 Å². The number of benzene rings is 1. The number of hydrogen-bond acceptors (Lipinski definition) is 4. The van der Waals surface area contributed by atoms with Crippen LogP contribution in [0.25, 0.3) is 0 Å². The molecule has 0 amide bonds. The van der Waals surface area contributed by atoms with Crippen LogP contribution in [0.1, 0.15) is 24.8 Å². The van der Waals surface area contributed by atoms with Crippen LogP contribution in [-0.4, -0.2) is 49.7 Å². The Morgan fingerprint density at radius 3 is 2.87 bits per heavy atom. The maximum atomic E-state index is 14.3. The number of sulfonamides is 1. The summed E-state index contributed by atoms with van der Waals surface area (Å²) >= 11 is 0. The second kappa shape index (κ2) is 6.47. The zero-order chi connectivity index (χ0) is 16.6. The molecule has 5 nitrogen and oxygen atoms in total. The minimum absolute atomic E-state index is 0.256. The molecule has 0 radical (unpaired) electrons. The van der Waals surface area contributed by atoms with E-state index in [1.807, 2.05) is 0 Å². The summed E-state index contributed by atoms with van der Waals surface area (Å²) in [6, 6.07) is 4.07. The number of aliphatic hydroxyl groups is 1. The molecule has 0 aliphatic carbocycles. The van der Waals surface area contributed by atoms with Crippen molar-refractivity contribution in [3.63, 3.8) is 0 Å². The van der Waals surface area contributed by atoms with Crippen LogP contribution in [-0.2, 0) is 14.8 Å². The molecule has 2 saturated heterocycles. The van der Waals surface area contributed by atoms with E-state index in [9.17, 15) is 17.9 Å². The van der Waals surface area contributed by atoms with E-state index in [1.165, 1.54) is 10.4 Å². The number of ether oxygens (including phenoxy) is 1. The van der Waals surface area contributed by atoms with Crippen LogP contribution in [0.4, 0.5) is 4.39 Å². The lowest BCUT2D eigenvalue weighted by Gasteiger charge is -2.36. The summed E-state index contributed by atoms with van der Waals surface area (Å²) in [6.07, 6.45) is 1.30. The van der Waals surface area contributed by atoms with Crippen molar-refractivity contribution in [3.05, 3.63) is 29.6 Å². The van der Waals surface area contributed by atoms with E-state index in [4.69, 9.17) is 4.74 Å². The number of halogens is 1. The van der Waals surface area contributed by atoms with Crippen molar-refractivity contribution in [2.24, 2.45) is 5.92 Å². The number of aliphatic hydroxyl groups excluding tert-OH is 1. The second-order valence-electron chi connectivity index (χ2n) is 6.31. The Bertz CT molecular complexity index is 679. The number of aryl methyl sites for hydroxylation is 1. The first-order valence-corrected chi connectivity index (χ1v) is 9.39. The predicted molar refractivity (Wildman–Crippen MR) is 83.0 cm³/mol. The van der Waals surface area contributed by atoms with E-state index in [2.05, 4.69) is 0 Å². The van der Waals surface area contributed by atoms with E-state index in [0.717, 1.165) is 0 Å². The smallest absolute Gasteiger partial charge is 0.246 e. The van der Waals surface area contributed by atoms with Crippen molar-refractivity contribution in [1.29, 1.82) is 0 Å². The fourth-order valence-corrected chi connectivity index (χ4v) is 5.43. The quantitative estimate of drug-likeness (QED) is 0.907. The summed E-state index contributed by atoms with van der Waals surface area (Å²) in [5.41, 5.74) is 0.308. The Balaban J connectivity index is 1.93. The molecule has 2 fully saturated rings. The fraction of sp³-hybridized carbons (Fsp3) is 0.625. The molecule has 1 aromatic carbocycles. The van der Waals surface area contributed by atoms with Gasteiger partial charge in [-0.1, -0.05) is 12.1 Å². The van der Waals surface area contributed by atoms with E-state index < -0.39 is 21.9 Å². The van der Waals surface area contributed by atoms with Gasteiger partial charge < -0.3 is 9.84 Å². The van der Waals surface area contributed by atoms with Crippen molar-refractivity contribution < 1.29 is 22.7 Å². The van der Waals surface area contributed by atoms with Crippen molar-refractivity contribution in [2.45, 2.75) is 43.2 Å². The first-order chi connectivity index (χ1) is 10.9. The molecule has 7 heteroatoms. The van der Waals surface area contributed by atoms with Crippen LogP contribution < -0.4 is 0 Å². The van der Waals surface area contributed by atoms with E-state index >= 15 is 0 Å². The van der Waals surface area contributed by atoms with Gasteiger partial charge in [-0.05, 0) is 37.8 Å². The van der Waals surface area contributed by atoms with Gasteiger partial charge in [0.25, 0.3) is 0 Å². The average Bonchev–Trinajstić information content (AvgIpc) is 3.00. The van der Waals surface area contributed by atoms with Gasteiger partial charge in [-0.2, -0.15) is 4.31 Å². The van der Waals surface area contributed by atoms with Gasteiger partial charge in [-0.3, -0.25) is 0 Å². The molecular weight excluding hydrogens is 321 g/mol. The minimum atomic E-state index is -3.92. The molecule has 0 bridgehead atoms. The van der Waals surface area contributed by atoms with Crippen molar-refractivity contribution in [1.82, 2.24) is 4.31 Å². The lowest BCUT2D eigenvalue weighted by Crippen LogP contribution is -2.48. The highest BCUT2D eigenvalue weighted by Gasteiger charge is 2.43.